The highest BCUT2D eigenvalue weighted by molar-refractivity contribution is 6.22. The molecule has 17 rings (SSSR count). The van der Waals surface area contributed by atoms with Crippen LogP contribution in [0.3, 0.4) is 0 Å². The first-order valence-corrected chi connectivity index (χ1v) is 39.2. The Morgan fingerprint density at radius 2 is 0.730 bits per heavy atom. The van der Waals surface area contributed by atoms with E-state index in [9.17, 15) is 0 Å². The lowest BCUT2D eigenvalue weighted by atomic mass is 9.62. The molecular formula is C96H101NO3. The van der Waals surface area contributed by atoms with Gasteiger partial charge in [-0.3, -0.25) is 0 Å². The number of rotatable bonds is 27. The highest BCUT2D eigenvalue weighted by Crippen LogP contribution is 2.68. The van der Waals surface area contributed by atoms with E-state index >= 15 is 0 Å². The summed E-state index contributed by atoms with van der Waals surface area (Å²) in [5, 5.41) is 7.26. The van der Waals surface area contributed by atoms with Crippen LogP contribution in [-0.4, -0.2) is 0 Å². The van der Waals surface area contributed by atoms with Crippen molar-refractivity contribution in [3.63, 3.8) is 0 Å². The van der Waals surface area contributed by atoms with E-state index in [1.807, 2.05) is 0 Å². The van der Waals surface area contributed by atoms with Crippen molar-refractivity contribution in [3.05, 3.63) is 220 Å². The summed E-state index contributed by atoms with van der Waals surface area (Å²) in [6, 6.07) is 68.1. The molecule has 4 aliphatic carbocycles. The van der Waals surface area contributed by atoms with E-state index in [2.05, 4.69) is 236 Å². The van der Waals surface area contributed by atoms with E-state index in [1.165, 1.54) is 241 Å². The molecule has 0 spiro atoms. The van der Waals surface area contributed by atoms with Gasteiger partial charge >= 0.3 is 0 Å². The van der Waals surface area contributed by atoms with Crippen LogP contribution >= 0.6 is 0 Å². The number of anilines is 3. The van der Waals surface area contributed by atoms with E-state index in [0.717, 1.165) is 68.5 Å². The Morgan fingerprint density at radius 1 is 0.290 bits per heavy atom. The summed E-state index contributed by atoms with van der Waals surface area (Å²) >= 11 is 0. The van der Waals surface area contributed by atoms with Crippen LogP contribution in [0, 0.1) is 0 Å². The fraction of sp³-hybridized carbons (Fsp3) is 0.375. The molecule has 3 aromatic heterocycles. The summed E-state index contributed by atoms with van der Waals surface area (Å²) < 4.78 is 21.2. The van der Waals surface area contributed by atoms with Crippen LogP contribution in [0.2, 0.25) is 0 Å². The Kier molecular flexibility index (Phi) is 16.7. The first kappa shape index (κ1) is 64.8. The van der Waals surface area contributed by atoms with Crippen molar-refractivity contribution in [2.45, 2.75) is 231 Å². The summed E-state index contributed by atoms with van der Waals surface area (Å²) in [5.41, 5.74) is 31.1. The number of para-hydroxylation sites is 3. The number of benzene rings is 10. The van der Waals surface area contributed by atoms with Crippen LogP contribution in [-0.2, 0) is 21.7 Å². The van der Waals surface area contributed by atoms with Gasteiger partial charge in [-0.1, -0.05) is 287 Å². The third kappa shape index (κ3) is 9.99. The van der Waals surface area contributed by atoms with E-state index < -0.39 is 0 Å². The Balaban J connectivity index is 0.911. The van der Waals surface area contributed by atoms with Crippen molar-refractivity contribution in [1.29, 1.82) is 0 Å². The topological polar surface area (TPSA) is 42.7 Å². The second-order valence-electron chi connectivity index (χ2n) is 31.9. The molecule has 3 heterocycles. The number of unbranched alkanes of at least 4 members (excludes halogenated alkanes) is 16. The van der Waals surface area contributed by atoms with E-state index in [0.29, 0.717) is 0 Å². The van der Waals surface area contributed by atoms with Gasteiger partial charge in [0.1, 0.15) is 33.5 Å². The van der Waals surface area contributed by atoms with Gasteiger partial charge in [0.05, 0.1) is 11.1 Å². The molecule has 4 heteroatoms. The van der Waals surface area contributed by atoms with Crippen molar-refractivity contribution in [2.75, 3.05) is 4.90 Å². The second-order valence-corrected chi connectivity index (χ2v) is 31.9. The van der Waals surface area contributed by atoms with Crippen LogP contribution in [0.15, 0.2) is 189 Å². The Labute approximate surface area is 593 Å². The largest absolute Gasteiger partial charge is 0.456 e. The molecule has 4 aliphatic rings. The fourth-order valence-electron chi connectivity index (χ4n) is 20.3. The van der Waals surface area contributed by atoms with Crippen molar-refractivity contribution in [1.82, 2.24) is 0 Å². The average molecular weight is 1320 g/mol. The molecule has 4 nitrogen and oxygen atoms in total. The van der Waals surface area contributed by atoms with Crippen LogP contribution in [0.4, 0.5) is 17.1 Å². The highest BCUT2D eigenvalue weighted by atomic mass is 16.3. The van der Waals surface area contributed by atoms with E-state index in [1.54, 1.807) is 16.7 Å². The molecule has 0 saturated carbocycles. The molecule has 0 bridgehead atoms. The van der Waals surface area contributed by atoms with Gasteiger partial charge in [0, 0.05) is 65.5 Å². The molecule has 0 N–H and O–H groups in total. The van der Waals surface area contributed by atoms with Crippen LogP contribution in [0.1, 0.15) is 254 Å². The minimum Gasteiger partial charge on any atom is -0.456 e. The fourth-order valence-corrected chi connectivity index (χ4v) is 20.3. The zero-order chi connectivity index (χ0) is 68.1. The van der Waals surface area contributed by atoms with Crippen LogP contribution < -0.4 is 4.90 Å². The highest BCUT2D eigenvalue weighted by Gasteiger charge is 2.54. The lowest BCUT2D eigenvalue weighted by molar-refractivity contribution is 0.369. The number of hydrogen-bond donors (Lipinski definition) is 0. The smallest absolute Gasteiger partial charge is 0.144 e. The second kappa shape index (κ2) is 25.8. The summed E-state index contributed by atoms with van der Waals surface area (Å²) in [5.74, 6) is 0. The molecule has 100 heavy (non-hydrogen) atoms. The predicted octanol–water partition coefficient (Wildman–Crippen LogP) is 29.4. The molecule has 508 valence electrons. The van der Waals surface area contributed by atoms with Crippen molar-refractivity contribution in [3.8, 4) is 44.5 Å². The quantitative estimate of drug-likeness (QED) is 0.0481. The SMILES string of the molecule is CCCCCCCC1(CCCCCCC)c2cc(N(c3ccc4c(c3)C(C)(C)c3cc5c(cc3-4)C(C)(C)c3ccc4oc6ccccc6c4c3-5)c3cccc4oc5ccccc5c34)ccc2-c2c1c1c(c3c2oc2ccccc23)-c2ccccc2C1(CCCCCCC)CCCCCCC. The Bertz CT molecular complexity index is 5280. The first-order valence-electron chi connectivity index (χ1n) is 39.2. The molecule has 10 aromatic carbocycles. The summed E-state index contributed by atoms with van der Waals surface area (Å²) in [7, 11) is 0. The Hall–Kier alpha value is -8.60. The molecule has 0 aliphatic heterocycles. The minimum absolute atomic E-state index is 0.153. The van der Waals surface area contributed by atoms with Crippen molar-refractivity contribution in [2.24, 2.45) is 0 Å². The number of hydrogen-bond acceptors (Lipinski definition) is 4. The van der Waals surface area contributed by atoms with Gasteiger partial charge in [-0.2, -0.15) is 0 Å². The lowest BCUT2D eigenvalue weighted by Gasteiger charge is -2.40. The maximum absolute atomic E-state index is 7.67. The maximum Gasteiger partial charge on any atom is 0.144 e. The van der Waals surface area contributed by atoms with Gasteiger partial charge in [0.15, 0.2) is 0 Å². The average Bonchev–Trinajstić information content (AvgIpc) is 1.50. The molecule has 13 aromatic rings. The van der Waals surface area contributed by atoms with E-state index in [4.69, 9.17) is 13.3 Å². The summed E-state index contributed by atoms with van der Waals surface area (Å²) in [6.45, 7) is 19.3. The third-order valence-corrected chi connectivity index (χ3v) is 25.2. The van der Waals surface area contributed by atoms with Crippen molar-refractivity contribution >= 4 is 82.9 Å². The van der Waals surface area contributed by atoms with Gasteiger partial charge < -0.3 is 18.2 Å². The zero-order valence-corrected chi connectivity index (χ0v) is 60.9. The number of furan rings is 3. The van der Waals surface area contributed by atoms with Gasteiger partial charge in [0.2, 0.25) is 0 Å². The molecule has 0 saturated heterocycles. The summed E-state index contributed by atoms with van der Waals surface area (Å²) in [6.07, 6.45) is 29.6. The molecule has 0 atom stereocenters. The standard InChI is InChI=1S/C96H101NO3/c1-9-13-17-21-33-54-95(55-34-22-18-14-10-2)72-42-29-25-38-65(72)87-88-69-41-28-32-46-81(69)100-92(88)89-66-51-49-63(59-77(66)96(91(89)90(87)95,56-35-23-19-15-11-3)57-36-24-20-16-12-4)97(78-43-37-47-82-85(78)67-39-26-30-44-79(67)98-82)62-48-50-64-70-60-76-71(61-75(70)94(7,8)74(64)58-62)84-73(93(76,5)6)52-53-83-86(84)68-40-27-31-45-80(68)99-83/h25-32,37-53,58-61H,9-24,33-36,54-57H2,1-8H3. The predicted molar refractivity (Wildman–Crippen MR) is 424 cm³/mol. The summed E-state index contributed by atoms with van der Waals surface area (Å²) in [4.78, 5) is 2.65. The Morgan fingerprint density at radius 3 is 1.34 bits per heavy atom. The minimum atomic E-state index is -0.326. The lowest BCUT2D eigenvalue weighted by Crippen LogP contribution is -2.33. The zero-order valence-electron chi connectivity index (χ0n) is 60.9. The normalized spacial score (nSPS) is 15.3. The molecule has 0 radical (unpaired) electrons. The molecular weight excluding hydrogens is 1220 g/mol. The van der Waals surface area contributed by atoms with E-state index in [-0.39, 0.29) is 21.7 Å². The molecule has 0 amide bonds. The van der Waals surface area contributed by atoms with Gasteiger partial charge in [0.25, 0.3) is 0 Å². The number of fused-ring (bicyclic) bond motifs is 25. The maximum atomic E-state index is 7.67. The van der Waals surface area contributed by atoms with Crippen molar-refractivity contribution < 1.29 is 13.3 Å². The van der Waals surface area contributed by atoms with Gasteiger partial charge in [-0.05, 0) is 182 Å². The van der Waals surface area contributed by atoms with Gasteiger partial charge in [-0.25, -0.2) is 0 Å². The van der Waals surface area contributed by atoms with Gasteiger partial charge in [-0.15, -0.1) is 0 Å². The monoisotopic (exact) mass is 1320 g/mol. The molecule has 0 fully saturated rings. The first-order chi connectivity index (χ1) is 49.0. The van der Waals surface area contributed by atoms with Crippen LogP contribution in [0.25, 0.3) is 110 Å². The number of nitrogens with zero attached hydrogens (tertiary/aromatic N) is 1. The van der Waals surface area contributed by atoms with Crippen LogP contribution in [0.5, 0.6) is 0 Å². The third-order valence-electron chi connectivity index (χ3n) is 25.2. The molecule has 0 unspecified atom stereocenters.